The molecule has 1 aliphatic rings. The first kappa shape index (κ1) is 90.4. The van der Waals surface area contributed by atoms with Crippen molar-refractivity contribution in [2.24, 2.45) is 0 Å². The van der Waals surface area contributed by atoms with Crippen LogP contribution in [0.2, 0.25) is 0 Å². The summed E-state index contributed by atoms with van der Waals surface area (Å²) in [5.74, 6) is 0. The fourth-order valence-corrected chi connectivity index (χ4v) is 21.4. The molecule has 0 unspecified atom stereocenters. The van der Waals surface area contributed by atoms with E-state index in [2.05, 4.69) is 504 Å². The Morgan fingerprint density at radius 1 is 0.177 bits per heavy atom. The Bertz CT molecular complexity index is 9010. The number of furan rings is 3. The SMILES string of the molecule is CC1(C)c2ccc(N(c3ccccc3)c3ccccc3)cc2-c2ccc(Nc3ccccc3)cc21.c1ccc(Nc2ccc(N(c3ccc4oc5ccccc5c4c3)c3ccc4oc5ccccc5c4c3)cc2)cc1.c1ccc(Nc2cccc(N(c3ccc4c(c3)sc3ccccc34)c3ccc4oc5ccccc5c4c3)c2)cc1.c1ccc(Nc2cccc(N(c3ccccc3)c3ccccc3-c3ccccc3)c2)cc1. The molecule has 26 aromatic rings. The third kappa shape index (κ3) is 18.9. The van der Waals surface area contributed by atoms with Gasteiger partial charge in [-0.3, -0.25) is 0 Å². The second-order valence-electron chi connectivity index (χ2n) is 37.1. The number of nitrogens with zero attached hydrogens (tertiary/aromatic N) is 4. The summed E-state index contributed by atoms with van der Waals surface area (Å²) in [6.07, 6.45) is 0. The Morgan fingerprint density at radius 2 is 0.483 bits per heavy atom. The van der Waals surface area contributed by atoms with Crippen LogP contribution < -0.4 is 40.9 Å². The first-order chi connectivity index (χ1) is 72.6. The Hall–Kier alpha value is -19.1. The molecule has 0 radical (unpaired) electrons. The van der Waals surface area contributed by atoms with Gasteiger partial charge in [0.15, 0.2) is 0 Å². The van der Waals surface area contributed by atoms with Crippen LogP contribution in [0.3, 0.4) is 0 Å². The topological polar surface area (TPSA) is 100 Å². The van der Waals surface area contributed by atoms with Crippen LogP contribution in [0.5, 0.6) is 0 Å². The molecule has 4 aromatic heterocycles. The predicted octanol–water partition coefficient (Wildman–Crippen LogP) is 39.6. The number of anilines is 20. The molecule has 22 aromatic carbocycles. The van der Waals surface area contributed by atoms with Gasteiger partial charge in [-0.15, -0.1) is 11.3 Å². The van der Waals surface area contributed by atoms with E-state index >= 15 is 0 Å². The molecule has 704 valence electrons. The monoisotopic (exact) mass is 1910 g/mol. The molecule has 4 N–H and O–H groups in total. The number of nitrogens with one attached hydrogen (secondary N) is 4. The maximum Gasteiger partial charge on any atom is 0.135 e. The third-order valence-electron chi connectivity index (χ3n) is 27.3. The van der Waals surface area contributed by atoms with Gasteiger partial charge in [-0.1, -0.05) is 293 Å². The summed E-state index contributed by atoms with van der Waals surface area (Å²) in [5.41, 5.74) is 34.8. The molecule has 12 heteroatoms. The van der Waals surface area contributed by atoms with Gasteiger partial charge >= 0.3 is 0 Å². The van der Waals surface area contributed by atoms with Crippen molar-refractivity contribution in [1.29, 1.82) is 0 Å². The molecular formula is C135H100N8O3S. The van der Waals surface area contributed by atoms with Crippen LogP contribution in [0.1, 0.15) is 25.0 Å². The van der Waals surface area contributed by atoms with E-state index in [9.17, 15) is 0 Å². The highest BCUT2D eigenvalue weighted by Crippen LogP contribution is 2.54. The number of thiophene rings is 1. The van der Waals surface area contributed by atoms with Crippen molar-refractivity contribution < 1.29 is 13.3 Å². The van der Waals surface area contributed by atoms with E-state index in [0.29, 0.717) is 0 Å². The van der Waals surface area contributed by atoms with Crippen molar-refractivity contribution in [2.75, 3.05) is 40.9 Å². The average molecular weight is 1910 g/mol. The summed E-state index contributed by atoms with van der Waals surface area (Å²) < 4.78 is 21.0. The average Bonchev–Trinajstić information content (AvgIpc) is 1.57. The van der Waals surface area contributed by atoms with Crippen molar-refractivity contribution in [2.45, 2.75) is 19.3 Å². The lowest BCUT2D eigenvalue weighted by Gasteiger charge is -2.28. The molecule has 0 spiro atoms. The lowest BCUT2D eigenvalue weighted by molar-refractivity contribution is 0.660. The lowest BCUT2D eigenvalue weighted by Crippen LogP contribution is -2.15. The van der Waals surface area contributed by atoms with Crippen molar-refractivity contribution in [3.05, 3.63) is 557 Å². The maximum absolute atomic E-state index is 6.15. The van der Waals surface area contributed by atoms with E-state index < -0.39 is 0 Å². The van der Waals surface area contributed by atoms with Gasteiger partial charge in [0.25, 0.3) is 0 Å². The molecule has 0 fully saturated rings. The normalized spacial score (nSPS) is 11.7. The molecule has 27 rings (SSSR count). The number of fused-ring (bicyclic) bond motifs is 15. The van der Waals surface area contributed by atoms with Gasteiger partial charge in [0, 0.05) is 172 Å². The molecule has 0 atom stereocenters. The molecular weight excluding hydrogens is 1810 g/mol. The lowest BCUT2D eigenvalue weighted by atomic mass is 9.82. The van der Waals surface area contributed by atoms with Crippen molar-refractivity contribution in [3.63, 3.8) is 0 Å². The highest BCUT2D eigenvalue weighted by Gasteiger charge is 2.37. The summed E-state index contributed by atoms with van der Waals surface area (Å²) >= 11 is 1.84. The van der Waals surface area contributed by atoms with Crippen LogP contribution in [0.25, 0.3) is 108 Å². The van der Waals surface area contributed by atoms with Crippen LogP contribution in [-0.4, -0.2) is 0 Å². The Morgan fingerprint density at radius 3 is 0.973 bits per heavy atom. The van der Waals surface area contributed by atoms with Crippen molar-refractivity contribution >= 4 is 211 Å². The predicted molar refractivity (Wildman–Crippen MR) is 621 cm³/mol. The Kier molecular flexibility index (Phi) is 24.9. The summed E-state index contributed by atoms with van der Waals surface area (Å²) in [4.78, 5) is 9.27. The minimum absolute atomic E-state index is 0.0676. The largest absolute Gasteiger partial charge is 0.456 e. The zero-order chi connectivity index (χ0) is 98.4. The van der Waals surface area contributed by atoms with Crippen molar-refractivity contribution in [1.82, 2.24) is 0 Å². The minimum Gasteiger partial charge on any atom is -0.456 e. The Balaban J connectivity index is 0.000000105. The zero-order valence-electron chi connectivity index (χ0n) is 80.9. The van der Waals surface area contributed by atoms with Gasteiger partial charge in [-0.25, -0.2) is 0 Å². The van der Waals surface area contributed by atoms with E-state index in [1.165, 1.54) is 53.6 Å². The van der Waals surface area contributed by atoms with E-state index in [0.717, 1.165) is 180 Å². The first-order valence-electron chi connectivity index (χ1n) is 49.6. The second-order valence-corrected chi connectivity index (χ2v) is 38.2. The molecule has 11 nitrogen and oxygen atoms in total. The molecule has 0 saturated heterocycles. The summed E-state index contributed by atoms with van der Waals surface area (Å²) in [6.45, 7) is 4.66. The van der Waals surface area contributed by atoms with Crippen LogP contribution >= 0.6 is 11.3 Å². The van der Waals surface area contributed by atoms with E-state index in [1.807, 2.05) is 108 Å². The fraction of sp³-hybridized carbons (Fsp3) is 0.0222. The number of hydrogen-bond donors (Lipinski definition) is 4. The Labute approximate surface area is 857 Å². The molecule has 0 amide bonds. The van der Waals surface area contributed by atoms with E-state index in [1.54, 1.807) is 0 Å². The molecule has 0 saturated carbocycles. The molecule has 1 aliphatic carbocycles. The van der Waals surface area contributed by atoms with Gasteiger partial charge in [0.2, 0.25) is 0 Å². The quantitative estimate of drug-likeness (QED) is 0.0553. The summed E-state index contributed by atoms with van der Waals surface area (Å²) in [5, 5.41) is 23.4. The summed E-state index contributed by atoms with van der Waals surface area (Å²) in [6, 6.07) is 191. The van der Waals surface area contributed by atoms with E-state index in [-0.39, 0.29) is 5.41 Å². The smallest absolute Gasteiger partial charge is 0.135 e. The molecule has 0 aliphatic heterocycles. The summed E-state index contributed by atoms with van der Waals surface area (Å²) in [7, 11) is 0. The fourth-order valence-electron chi connectivity index (χ4n) is 20.3. The maximum atomic E-state index is 6.15. The minimum atomic E-state index is -0.0676. The number of rotatable bonds is 21. The van der Waals surface area contributed by atoms with Crippen LogP contribution in [0.4, 0.5) is 114 Å². The zero-order valence-corrected chi connectivity index (χ0v) is 81.7. The molecule has 0 bridgehead atoms. The standard InChI is InChI=1S/C36H24N2O2.C36H24N2OS.C33H28N2.C30H24N2/c1-2-8-24(9-3-1)37-25-14-16-26(17-15-25)38(27-18-20-35-31(22-27)29-10-4-6-12-33(29)39-35)28-19-21-36-32(23-28)30-11-5-7-13-34(30)40-36;1-2-9-24(10-3-1)37-25-11-8-12-26(21-25)38(27-18-20-34-32(22-27)29-13-4-6-15-33(29)39-34)28-17-19-31-30-14-5-7-16-35(30)40-36(31)23-28;1-33(2)31-21-19-28(35(26-14-8-4-9-15-26)27-16-10-5-11-17-27)23-30(31)29-20-18-25(22-32(29)33)34-24-12-6-3-7-13-24;1-4-13-24(14-5-1)29-21-10-11-22-30(29)32(27-18-8-3-9-19-27)28-20-12-17-26(23-28)31-25-15-6-2-7-16-25/h2*1-23,37H;3-23,34H,1-2H3;1-23,31H. The highest BCUT2D eigenvalue weighted by molar-refractivity contribution is 7.25. The van der Waals surface area contributed by atoms with Gasteiger partial charge in [0.05, 0.1) is 5.69 Å². The van der Waals surface area contributed by atoms with Gasteiger partial charge in [0.1, 0.15) is 33.5 Å². The third-order valence-corrected chi connectivity index (χ3v) is 28.4. The van der Waals surface area contributed by atoms with Gasteiger partial charge < -0.3 is 54.1 Å². The first-order valence-corrected chi connectivity index (χ1v) is 50.4. The highest BCUT2D eigenvalue weighted by atomic mass is 32.1. The van der Waals surface area contributed by atoms with Crippen LogP contribution in [0, 0.1) is 0 Å². The molecule has 147 heavy (non-hydrogen) atoms. The van der Waals surface area contributed by atoms with Crippen molar-refractivity contribution in [3.8, 4) is 22.3 Å². The van der Waals surface area contributed by atoms with Crippen LogP contribution in [-0.2, 0) is 5.41 Å². The van der Waals surface area contributed by atoms with Gasteiger partial charge in [-0.05, 0) is 295 Å². The van der Waals surface area contributed by atoms with Gasteiger partial charge in [-0.2, -0.15) is 0 Å². The van der Waals surface area contributed by atoms with E-state index in [4.69, 9.17) is 13.3 Å². The van der Waals surface area contributed by atoms with Crippen LogP contribution in [0.15, 0.2) is 559 Å². The second kappa shape index (κ2) is 40.5. The molecule has 4 heterocycles. The number of para-hydroxylation sites is 11. The number of hydrogen-bond acceptors (Lipinski definition) is 12. The number of benzene rings is 22.